The van der Waals surface area contributed by atoms with E-state index in [9.17, 15) is 5.11 Å². The van der Waals surface area contributed by atoms with Gasteiger partial charge in [0.1, 0.15) is 5.75 Å². The van der Waals surface area contributed by atoms with Gasteiger partial charge >= 0.3 is 0 Å². The zero-order chi connectivity index (χ0) is 13.2. The van der Waals surface area contributed by atoms with E-state index >= 15 is 0 Å². The van der Waals surface area contributed by atoms with Gasteiger partial charge in [0.05, 0.1) is 5.60 Å². The van der Waals surface area contributed by atoms with Gasteiger partial charge in [-0.2, -0.15) is 0 Å². The first kappa shape index (κ1) is 13.4. The number of methoxy groups -OCH3 is 1. The molecule has 0 radical (unpaired) electrons. The number of nitrogens with zero attached hydrogens (tertiary/aromatic N) is 1. The number of ether oxygens (including phenoxy) is 1. The molecule has 0 bridgehead atoms. The third-order valence-corrected chi connectivity index (χ3v) is 3.95. The van der Waals surface area contributed by atoms with E-state index in [4.69, 9.17) is 4.74 Å². The van der Waals surface area contributed by atoms with Crippen LogP contribution in [0.5, 0.6) is 5.75 Å². The summed E-state index contributed by atoms with van der Waals surface area (Å²) in [4.78, 5) is 2.36. The molecule has 1 atom stereocenters. The molecule has 3 heteroatoms. The minimum Gasteiger partial charge on any atom is -0.507 e. The van der Waals surface area contributed by atoms with Crippen molar-refractivity contribution in [2.75, 3.05) is 20.2 Å². The number of aromatic hydroxyl groups is 1. The molecule has 1 aliphatic rings. The molecule has 1 aromatic carbocycles. The van der Waals surface area contributed by atoms with Crippen LogP contribution >= 0.6 is 0 Å². The Labute approximate surface area is 109 Å². The Morgan fingerprint density at radius 3 is 2.94 bits per heavy atom. The third-order valence-electron chi connectivity index (χ3n) is 3.95. The number of benzene rings is 1. The van der Waals surface area contributed by atoms with E-state index in [2.05, 4.69) is 11.8 Å². The number of rotatable bonds is 3. The molecule has 1 aliphatic heterocycles. The molecule has 18 heavy (non-hydrogen) atoms. The van der Waals surface area contributed by atoms with Gasteiger partial charge in [-0.3, -0.25) is 4.90 Å². The highest BCUT2D eigenvalue weighted by molar-refractivity contribution is 5.39. The topological polar surface area (TPSA) is 32.7 Å². The van der Waals surface area contributed by atoms with Crippen LogP contribution in [0.1, 0.15) is 30.9 Å². The minimum atomic E-state index is -0.0440. The Hall–Kier alpha value is -1.06. The molecule has 1 saturated heterocycles. The van der Waals surface area contributed by atoms with E-state index in [-0.39, 0.29) is 5.60 Å². The van der Waals surface area contributed by atoms with Crippen LogP contribution in [0.2, 0.25) is 0 Å². The molecule has 1 aromatic rings. The molecule has 1 fully saturated rings. The lowest BCUT2D eigenvalue weighted by Crippen LogP contribution is -2.46. The zero-order valence-corrected chi connectivity index (χ0v) is 11.6. The van der Waals surface area contributed by atoms with E-state index in [1.54, 1.807) is 7.11 Å². The van der Waals surface area contributed by atoms with Crippen molar-refractivity contribution in [3.63, 3.8) is 0 Å². The van der Waals surface area contributed by atoms with Gasteiger partial charge in [0.25, 0.3) is 0 Å². The second kappa shape index (κ2) is 5.29. The Morgan fingerprint density at radius 1 is 1.44 bits per heavy atom. The SMILES string of the molecule is COC1(C)CCCN(Cc2cccc(C)c2O)C1. The van der Waals surface area contributed by atoms with Crippen LogP contribution in [0.15, 0.2) is 18.2 Å². The largest absolute Gasteiger partial charge is 0.507 e. The highest BCUT2D eigenvalue weighted by Crippen LogP contribution is 2.28. The molecule has 0 amide bonds. The Balaban J connectivity index is 2.07. The van der Waals surface area contributed by atoms with E-state index < -0.39 is 0 Å². The Morgan fingerprint density at radius 2 is 2.22 bits per heavy atom. The van der Waals surface area contributed by atoms with E-state index in [1.807, 2.05) is 25.1 Å². The molecule has 0 saturated carbocycles. The van der Waals surface area contributed by atoms with Gasteiger partial charge in [0, 0.05) is 25.8 Å². The maximum atomic E-state index is 10.1. The summed E-state index contributed by atoms with van der Waals surface area (Å²) in [6.45, 7) is 6.90. The molecule has 1 N–H and O–H groups in total. The van der Waals surface area contributed by atoms with Crippen molar-refractivity contribution in [1.29, 1.82) is 0 Å². The van der Waals surface area contributed by atoms with Gasteiger partial charge in [-0.15, -0.1) is 0 Å². The van der Waals surface area contributed by atoms with Gasteiger partial charge in [0.15, 0.2) is 0 Å². The zero-order valence-electron chi connectivity index (χ0n) is 11.6. The summed E-state index contributed by atoms with van der Waals surface area (Å²) in [6, 6.07) is 5.94. The molecule has 1 unspecified atom stereocenters. The molecule has 3 nitrogen and oxygen atoms in total. The molecule has 0 aliphatic carbocycles. The highest BCUT2D eigenvalue weighted by atomic mass is 16.5. The summed E-state index contributed by atoms with van der Waals surface area (Å²) >= 11 is 0. The Kier molecular flexibility index (Phi) is 3.93. The van der Waals surface area contributed by atoms with Crippen LogP contribution in [0.25, 0.3) is 0 Å². The molecule has 1 heterocycles. The number of phenols is 1. The van der Waals surface area contributed by atoms with Crippen molar-refractivity contribution < 1.29 is 9.84 Å². The van der Waals surface area contributed by atoms with Crippen LogP contribution in [-0.4, -0.2) is 35.8 Å². The van der Waals surface area contributed by atoms with E-state index in [0.29, 0.717) is 5.75 Å². The normalized spacial score (nSPS) is 25.3. The van der Waals surface area contributed by atoms with Gasteiger partial charge in [-0.1, -0.05) is 18.2 Å². The number of phenolic OH excluding ortho intramolecular Hbond substituents is 1. The number of likely N-dealkylation sites (tertiary alicyclic amines) is 1. The predicted molar refractivity (Wildman–Crippen MR) is 72.8 cm³/mol. The predicted octanol–water partition coefficient (Wildman–Crippen LogP) is 2.70. The fraction of sp³-hybridized carbons (Fsp3) is 0.600. The fourth-order valence-corrected chi connectivity index (χ4v) is 2.70. The lowest BCUT2D eigenvalue weighted by molar-refractivity contribution is -0.0528. The van der Waals surface area contributed by atoms with E-state index in [1.165, 1.54) is 0 Å². The summed E-state index contributed by atoms with van der Waals surface area (Å²) in [7, 11) is 1.79. The van der Waals surface area contributed by atoms with Crippen LogP contribution in [0.3, 0.4) is 0 Å². The van der Waals surface area contributed by atoms with Crippen LogP contribution in [0.4, 0.5) is 0 Å². The first-order chi connectivity index (χ1) is 8.54. The molecular formula is C15H23NO2. The van der Waals surface area contributed by atoms with Crippen molar-refractivity contribution >= 4 is 0 Å². The third kappa shape index (κ3) is 2.85. The number of hydrogen-bond donors (Lipinski definition) is 1. The number of para-hydroxylation sites is 1. The minimum absolute atomic E-state index is 0.0440. The molecule has 0 spiro atoms. The summed E-state index contributed by atoms with van der Waals surface area (Å²) in [5.74, 6) is 0.433. The molecular weight excluding hydrogens is 226 g/mol. The van der Waals surface area contributed by atoms with Crippen molar-refractivity contribution in [2.24, 2.45) is 0 Å². The molecule has 2 rings (SSSR count). The summed E-state index contributed by atoms with van der Waals surface area (Å²) in [5, 5.41) is 10.1. The average Bonchev–Trinajstić information content (AvgIpc) is 2.35. The smallest absolute Gasteiger partial charge is 0.122 e. The van der Waals surface area contributed by atoms with Crippen molar-refractivity contribution in [3.8, 4) is 5.75 Å². The van der Waals surface area contributed by atoms with Gasteiger partial charge < -0.3 is 9.84 Å². The first-order valence-corrected chi connectivity index (χ1v) is 6.59. The van der Waals surface area contributed by atoms with Crippen LogP contribution in [0, 0.1) is 6.92 Å². The number of piperidine rings is 1. The quantitative estimate of drug-likeness (QED) is 0.894. The van der Waals surface area contributed by atoms with Crippen molar-refractivity contribution in [2.45, 2.75) is 38.8 Å². The van der Waals surface area contributed by atoms with Crippen molar-refractivity contribution in [1.82, 2.24) is 4.90 Å². The van der Waals surface area contributed by atoms with Crippen LogP contribution < -0.4 is 0 Å². The Bertz CT molecular complexity index is 419. The van der Waals surface area contributed by atoms with Crippen LogP contribution in [-0.2, 0) is 11.3 Å². The maximum Gasteiger partial charge on any atom is 0.122 e. The second-order valence-electron chi connectivity index (χ2n) is 5.55. The lowest BCUT2D eigenvalue weighted by atomic mass is 9.94. The standard InChI is InChI=1S/C15H23NO2/c1-12-6-4-7-13(14(12)17)10-16-9-5-8-15(2,11-16)18-3/h4,6-7,17H,5,8-11H2,1-3H3. The highest BCUT2D eigenvalue weighted by Gasteiger charge is 2.30. The van der Waals surface area contributed by atoms with Crippen molar-refractivity contribution in [3.05, 3.63) is 29.3 Å². The summed E-state index contributed by atoms with van der Waals surface area (Å²) < 4.78 is 5.60. The lowest BCUT2D eigenvalue weighted by Gasteiger charge is -2.39. The second-order valence-corrected chi connectivity index (χ2v) is 5.55. The number of aryl methyl sites for hydroxylation is 1. The first-order valence-electron chi connectivity index (χ1n) is 6.59. The molecule has 0 aromatic heterocycles. The maximum absolute atomic E-state index is 10.1. The van der Waals surface area contributed by atoms with Gasteiger partial charge in [0.2, 0.25) is 0 Å². The fourth-order valence-electron chi connectivity index (χ4n) is 2.70. The monoisotopic (exact) mass is 249 g/mol. The number of hydrogen-bond acceptors (Lipinski definition) is 3. The van der Waals surface area contributed by atoms with E-state index in [0.717, 1.165) is 43.6 Å². The van der Waals surface area contributed by atoms with Gasteiger partial charge in [-0.05, 0) is 38.8 Å². The molecule has 100 valence electrons. The summed E-state index contributed by atoms with van der Waals surface area (Å²) in [5.41, 5.74) is 1.91. The van der Waals surface area contributed by atoms with Gasteiger partial charge in [-0.25, -0.2) is 0 Å². The summed E-state index contributed by atoms with van der Waals surface area (Å²) in [6.07, 6.45) is 2.26. The average molecular weight is 249 g/mol.